The molecule has 4 heteroatoms. The lowest BCUT2D eigenvalue weighted by Gasteiger charge is -2.30. The van der Waals surface area contributed by atoms with Crippen LogP contribution in [0, 0.1) is 0 Å². The lowest BCUT2D eigenvalue weighted by Crippen LogP contribution is -2.39. The highest BCUT2D eigenvalue weighted by molar-refractivity contribution is 5.78. The molecule has 0 unspecified atom stereocenters. The van der Waals surface area contributed by atoms with Gasteiger partial charge in [0.15, 0.2) is 0 Å². The van der Waals surface area contributed by atoms with Gasteiger partial charge >= 0.3 is 0 Å². The predicted octanol–water partition coefficient (Wildman–Crippen LogP) is 4.04. The van der Waals surface area contributed by atoms with Gasteiger partial charge in [0, 0.05) is 18.2 Å². The standard InChI is InChI=1S/C23H25N3O/c27-22(15-19-16-25-26(17-19)21-11-5-2-6-12-21)24-18-23(13-7-8-14-23)20-9-3-1-4-10-20/h1-6,9-12,16-17H,7-8,13-15,18H2,(H,24,27). The zero-order chi connectivity index (χ0) is 18.5. The SMILES string of the molecule is O=C(Cc1cnn(-c2ccccc2)c1)NCC1(c2ccccc2)CCCC1. The van der Waals surface area contributed by atoms with Gasteiger partial charge in [-0.25, -0.2) is 4.68 Å². The molecule has 0 aliphatic heterocycles. The van der Waals surface area contributed by atoms with Crippen LogP contribution in [0.5, 0.6) is 0 Å². The average molecular weight is 359 g/mol. The van der Waals surface area contributed by atoms with Gasteiger partial charge in [-0.3, -0.25) is 4.79 Å². The Balaban J connectivity index is 1.39. The van der Waals surface area contributed by atoms with Crippen LogP contribution in [-0.2, 0) is 16.6 Å². The lowest BCUT2D eigenvalue weighted by molar-refractivity contribution is -0.120. The Hall–Kier alpha value is -2.88. The summed E-state index contributed by atoms with van der Waals surface area (Å²) in [6, 6.07) is 20.6. The van der Waals surface area contributed by atoms with Gasteiger partial charge in [-0.2, -0.15) is 5.10 Å². The second-order valence-corrected chi connectivity index (χ2v) is 7.44. The quantitative estimate of drug-likeness (QED) is 0.722. The third-order valence-electron chi connectivity index (χ3n) is 5.59. The van der Waals surface area contributed by atoms with E-state index < -0.39 is 0 Å². The molecule has 0 saturated heterocycles. The normalized spacial score (nSPS) is 15.6. The van der Waals surface area contributed by atoms with E-state index in [2.05, 4.69) is 40.7 Å². The number of rotatable bonds is 6. The van der Waals surface area contributed by atoms with Crippen LogP contribution in [0.2, 0.25) is 0 Å². The smallest absolute Gasteiger partial charge is 0.224 e. The molecule has 27 heavy (non-hydrogen) atoms. The molecule has 0 spiro atoms. The topological polar surface area (TPSA) is 46.9 Å². The predicted molar refractivity (Wildman–Crippen MR) is 107 cm³/mol. The Morgan fingerprint density at radius 3 is 2.37 bits per heavy atom. The average Bonchev–Trinajstić information content (AvgIpc) is 3.38. The van der Waals surface area contributed by atoms with Gasteiger partial charge in [-0.05, 0) is 36.1 Å². The number of hydrogen-bond donors (Lipinski definition) is 1. The first-order chi connectivity index (χ1) is 13.3. The highest BCUT2D eigenvalue weighted by atomic mass is 16.1. The molecule has 1 aliphatic carbocycles. The molecule has 4 rings (SSSR count). The molecule has 3 aromatic rings. The Labute approximate surface area is 160 Å². The first-order valence-corrected chi connectivity index (χ1v) is 9.66. The van der Waals surface area contributed by atoms with Crippen molar-refractivity contribution in [2.45, 2.75) is 37.5 Å². The Bertz CT molecular complexity index is 880. The van der Waals surface area contributed by atoms with Crippen LogP contribution in [0.4, 0.5) is 0 Å². The maximum absolute atomic E-state index is 12.5. The van der Waals surface area contributed by atoms with E-state index in [0.29, 0.717) is 13.0 Å². The van der Waals surface area contributed by atoms with E-state index in [1.807, 2.05) is 41.2 Å². The molecule has 1 fully saturated rings. The monoisotopic (exact) mass is 359 g/mol. The fraction of sp³-hybridized carbons (Fsp3) is 0.304. The van der Waals surface area contributed by atoms with Crippen LogP contribution in [0.25, 0.3) is 5.69 Å². The van der Waals surface area contributed by atoms with Crippen LogP contribution in [0.1, 0.15) is 36.8 Å². The van der Waals surface area contributed by atoms with Gasteiger partial charge in [0.25, 0.3) is 0 Å². The second kappa shape index (κ2) is 7.78. The van der Waals surface area contributed by atoms with Crippen molar-refractivity contribution in [3.63, 3.8) is 0 Å². The summed E-state index contributed by atoms with van der Waals surface area (Å²) >= 11 is 0. The largest absolute Gasteiger partial charge is 0.355 e. The summed E-state index contributed by atoms with van der Waals surface area (Å²) in [6.45, 7) is 0.711. The fourth-order valence-electron chi connectivity index (χ4n) is 4.10. The Morgan fingerprint density at radius 1 is 1.00 bits per heavy atom. The number of nitrogens with zero attached hydrogens (tertiary/aromatic N) is 2. The van der Waals surface area contributed by atoms with Crippen molar-refractivity contribution >= 4 is 5.91 Å². The molecule has 0 radical (unpaired) electrons. The molecule has 1 aliphatic rings. The molecule has 1 saturated carbocycles. The third-order valence-corrected chi connectivity index (χ3v) is 5.59. The summed E-state index contributed by atoms with van der Waals surface area (Å²) in [4.78, 5) is 12.5. The van der Waals surface area contributed by atoms with E-state index in [1.54, 1.807) is 6.20 Å². The number of carbonyl (C=O) groups is 1. The molecule has 0 bridgehead atoms. The first-order valence-electron chi connectivity index (χ1n) is 9.66. The zero-order valence-corrected chi connectivity index (χ0v) is 15.5. The van der Waals surface area contributed by atoms with Crippen LogP contribution in [0.3, 0.4) is 0 Å². The van der Waals surface area contributed by atoms with Crippen molar-refractivity contribution in [1.82, 2.24) is 15.1 Å². The molecule has 1 heterocycles. The minimum Gasteiger partial charge on any atom is -0.355 e. The number of amides is 1. The van der Waals surface area contributed by atoms with Crippen molar-refractivity contribution in [1.29, 1.82) is 0 Å². The lowest BCUT2D eigenvalue weighted by atomic mass is 9.79. The van der Waals surface area contributed by atoms with Crippen LogP contribution >= 0.6 is 0 Å². The van der Waals surface area contributed by atoms with Crippen LogP contribution in [0.15, 0.2) is 73.1 Å². The van der Waals surface area contributed by atoms with E-state index in [0.717, 1.165) is 24.1 Å². The molecule has 2 aromatic carbocycles. The number of nitrogens with one attached hydrogen (secondary N) is 1. The van der Waals surface area contributed by atoms with E-state index >= 15 is 0 Å². The molecule has 1 N–H and O–H groups in total. The van der Waals surface area contributed by atoms with Crippen molar-refractivity contribution in [3.05, 3.63) is 84.2 Å². The highest BCUT2D eigenvalue weighted by Gasteiger charge is 2.35. The van der Waals surface area contributed by atoms with Crippen molar-refractivity contribution in [2.24, 2.45) is 0 Å². The molecule has 138 valence electrons. The number of carbonyl (C=O) groups excluding carboxylic acids is 1. The summed E-state index contributed by atoms with van der Waals surface area (Å²) < 4.78 is 1.81. The highest BCUT2D eigenvalue weighted by Crippen LogP contribution is 2.40. The Kier molecular flexibility index (Phi) is 5.05. The summed E-state index contributed by atoms with van der Waals surface area (Å²) in [7, 11) is 0. The summed E-state index contributed by atoms with van der Waals surface area (Å²) in [5.74, 6) is 0.0600. The minimum absolute atomic E-state index is 0.0600. The van der Waals surface area contributed by atoms with Crippen molar-refractivity contribution in [3.8, 4) is 5.69 Å². The van der Waals surface area contributed by atoms with Gasteiger partial charge in [-0.15, -0.1) is 0 Å². The number of aromatic nitrogens is 2. The van der Waals surface area contributed by atoms with E-state index in [1.165, 1.54) is 18.4 Å². The molecule has 0 atom stereocenters. The molecule has 1 amide bonds. The second-order valence-electron chi connectivity index (χ2n) is 7.44. The van der Waals surface area contributed by atoms with Crippen molar-refractivity contribution < 1.29 is 4.79 Å². The Morgan fingerprint density at radius 2 is 1.67 bits per heavy atom. The third kappa shape index (κ3) is 3.95. The zero-order valence-electron chi connectivity index (χ0n) is 15.5. The van der Waals surface area contributed by atoms with E-state index in [9.17, 15) is 4.79 Å². The number of para-hydroxylation sites is 1. The van der Waals surface area contributed by atoms with Gasteiger partial charge in [-0.1, -0.05) is 61.4 Å². The van der Waals surface area contributed by atoms with Crippen LogP contribution in [-0.4, -0.2) is 22.2 Å². The van der Waals surface area contributed by atoms with E-state index in [-0.39, 0.29) is 11.3 Å². The van der Waals surface area contributed by atoms with Gasteiger partial charge in [0.2, 0.25) is 5.91 Å². The summed E-state index contributed by atoms with van der Waals surface area (Å²) in [5, 5.41) is 7.56. The van der Waals surface area contributed by atoms with Gasteiger partial charge < -0.3 is 5.32 Å². The number of benzene rings is 2. The van der Waals surface area contributed by atoms with Gasteiger partial charge in [0.1, 0.15) is 0 Å². The molecular formula is C23H25N3O. The van der Waals surface area contributed by atoms with Crippen molar-refractivity contribution in [2.75, 3.05) is 6.54 Å². The molecule has 4 nitrogen and oxygen atoms in total. The van der Waals surface area contributed by atoms with E-state index in [4.69, 9.17) is 0 Å². The van der Waals surface area contributed by atoms with Gasteiger partial charge in [0.05, 0.1) is 18.3 Å². The summed E-state index contributed by atoms with van der Waals surface area (Å²) in [5.41, 5.74) is 3.36. The molecular weight excluding hydrogens is 334 g/mol. The maximum atomic E-state index is 12.5. The molecule has 1 aromatic heterocycles. The first kappa shape index (κ1) is 17.5. The fourth-order valence-corrected chi connectivity index (χ4v) is 4.10. The summed E-state index contributed by atoms with van der Waals surface area (Å²) in [6.07, 6.45) is 8.81. The van der Waals surface area contributed by atoms with Crippen LogP contribution < -0.4 is 5.32 Å². The number of hydrogen-bond acceptors (Lipinski definition) is 2. The maximum Gasteiger partial charge on any atom is 0.224 e. The minimum atomic E-state index is 0.0600.